The van der Waals surface area contributed by atoms with E-state index in [4.69, 9.17) is 13.0 Å². The van der Waals surface area contributed by atoms with Gasteiger partial charge >= 0.3 is 5.51 Å². The zero-order valence-electron chi connectivity index (χ0n) is 14.2. The van der Waals surface area contributed by atoms with Gasteiger partial charge in [-0.05, 0) is 48.5 Å². The van der Waals surface area contributed by atoms with Gasteiger partial charge in [-0.2, -0.15) is 13.2 Å². The molecule has 0 aliphatic rings. The molecule has 0 aliphatic carbocycles. The van der Waals surface area contributed by atoms with Gasteiger partial charge in [-0.1, -0.05) is 36.4 Å². The summed E-state index contributed by atoms with van der Waals surface area (Å²) in [4.78, 5) is 0. The first-order chi connectivity index (χ1) is 13.1. The molecule has 0 N–H and O–H groups in total. The third-order valence-corrected chi connectivity index (χ3v) is 6.84. The maximum Gasteiger partial charge on any atom is 0.485 e. The Morgan fingerprint density at radius 2 is 1.00 bits per heavy atom. The quantitative estimate of drug-likeness (QED) is 0.277. The molecule has 9 heteroatoms. The Bertz CT molecular complexity index is 938. The molecule has 0 radical (unpaired) electrons. The highest BCUT2D eigenvalue weighted by Crippen LogP contribution is 2.32. The van der Waals surface area contributed by atoms with Gasteiger partial charge in [0, 0.05) is 0 Å². The van der Waals surface area contributed by atoms with Gasteiger partial charge in [0.15, 0.2) is 10.1 Å². The standard InChI is InChI=1S/C18H14FP.CHF3O3S/c19-15-11-13-18(14-12-15)20(16-7-3-1-4-8-16)17-9-5-2-6-10-17;2-1(3,4)8(5,6)7/h1-14H;(H,5,6,7). The van der Waals surface area contributed by atoms with Gasteiger partial charge in [0.25, 0.3) is 0 Å². The minimum absolute atomic E-state index is 0.184. The summed E-state index contributed by atoms with van der Waals surface area (Å²) in [7, 11) is -7.15. The zero-order valence-corrected chi connectivity index (χ0v) is 16.0. The first kappa shape index (κ1) is 22.0. The molecule has 28 heavy (non-hydrogen) atoms. The van der Waals surface area contributed by atoms with E-state index >= 15 is 0 Å². The molecular formula is C19H15F4O3PS. The molecule has 0 bridgehead atoms. The van der Waals surface area contributed by atoms with Crippen molar-refractivity contribution in [1.29, 1.82) is 0 Å². The Hall–Kier alpha value is -2.28. The molecule has 3 aromatic rings. The van der Waals surface area contributed by atoms with Crippen LogP contribution < -0.4 is 15.9 Å². The van der Waals surface area contributed by atoms with E-state index in [0.717, 1.165) is 0 Å². The Labute approximate surface area is 161 Å². The monoisotopic (exact) mass is 430 g/mol. The second-order valence-electron chi connectivity index (χ2n) is 5.51. The number of hydrogen-bond acceptors (Lipinski definition) is 3. The highest BCUT2D eigenvalue weighted by Gasteiger charge is 2.36. The van der Waals surface area contributed by atoms with Gasteiger partial charge < -0.3 is 4.55 Å². The maximum atomic E-state index is 13.2. The summed E-state index contributed by atoms with van der Waals surface area (Å²) >= 11 is 0. The van der Waals surface area contributed by atoms with Crippen molar-refractivity contribution < 1.29 is 30.5 Å². The summed E-state index contributed by atoms with van der Waals surface area (Å²) in [6.45, 7) is 0. The van der Waals surface area contributed by atoms with Gasteiger partial charge in [0.1, 0.15) is 21.7 Å². The van der Waals surface area contributed by atoms with E-state index in [1.165, 1.54) is 15.9 Å². The average molecular weight is 430 g/mol. The van der Waals surface area contributed by atoms with Crippen LogP contribution in [-0.4, -0.2) is 18.5 Å². The lowest BCUT2D eigenvalue weighted by atomic mass is 10.3. The molecule has 3 rings (SSSR count). The summed E-state index contributed by atoms with van der Waals surface area (Å²) in [6.07, 6.45) is 0. The van der Waals surface area contributed by atoms with E-state index in [-0.39, 0.29) is 5.82 Å². The number of hydrogen-bond donors (Lipinski definition) is 0. The van der Waals surface area contributed by atoms with Crippen LogP contribution in [-0.2, 0) is 10.1 Å². The Balaban J connectivity index is 0.000000300. The minimum atomic E-state index is -6.09. The fraction of sp³-hybridized carbons (Fsp3) is 0.0526. The normalized spacial score (nSPS) is 11.6. The molecule has 0 amide bonds. The fourth-order valence-corrected chi connectivity index (χ4v) is 4.88. The van der Waals surface area contributed by atoms with Gasteiger partial charge in [-0.25, -0.2) is 12.8 Å². The largest absolute Gasteiger partial charge is 0.741 e. The molecule has 0 spiro atoms. The van der Waals surface area contributed by atoms with Gasteiger partial charge in [-0.3, -0.25) is 0 Å². The van der Waals surface area contributed by atoms with E-state index < -0.39 is 23.5 Å². The van der Waals surface area contributed by atoms with Crippen molar-refractivity contribution in [1.82, 2.24) is 0 Å². The summed E-state index contributed by atoms with van der Waals surface area (Å²) in [6, 6.07) is 27.8. The van der Waals surface area contributed by atoms with Gasteiger partial charge in [-0.15, -0.1) is 0 Å². The summed E-state index contributed by atoms with van der Waals surface area (Å²) in [5.74, 6) is -0.184. The molecule has 0 aliphatic heterocycles. The lowest BCUT2D eigenvalue weighted by Gasteiger charge is -2.10. The summed E-state index contributed by atoms with van der Waals surface area (Å²) in [5, 5.41) is 3.83. The topological polar surface area (TPSA) is 57.2 Å². The number of rotatable bonds is 3. The smallest absolute Gasteiger partial charge is 0.485 e. The molecule has 3 aromatic carbocycles. The molecule has 0 saturated carbocycles. The van der Waals surface area contributed by atoms with Crippen LogP contribution >= 0.6 is 7.92 Å². The number of alkyl halides is 3. The molecule has 0 atom stereocenters. The van der Waals surface area contributed by atoms with Crippen LogP contribution in [0.2, 0.25) is 0 Å². The summed E-state index contributed by atoms with van der Waals surface area (Å²) < 4.78 is 72.1. The van der Waals surface area contributed by atoms with Crippen molar-refractivity contribution in [3.63, 3.8) is 0 Å². The van der Waals surface area contributed by atoms with Crippen LogP contribution in [0.1, 0.15) is 0 Å². The molecule has 0 saturated heterocycles. The number of benzene rings is 3. The SMILES string of the molecule is Fc1ccc([PH+](c2ccccc2)c2ccccc2)cc1.O=S(=O)([O-])C(F)(F)F. The minimum Gasteiger partial charge on any atom is -0.741 e. The van der Waals surface area contributed by atoms with Crippen molar-refractivity contribution in [3.8, 4) is 0 Å². The predicted octanol–water partition coefficient (Wildman–Crippen LogP) is 3.37. The van der Waals surface area contributed by atoms with Crippen molar-refractivity contribution in [3.05, 3.63) is 90.7 Å². The van der Waals surface area contributed by atoms with Crippen LogP contribution in [0.5, 0.6) is 0 Å². The van der Waals surface area contributed by atoms with Crippen molar-refractivity contribution in [2.24, 2.45) is 0 Å². The van der Waals surface area contributed by atoms with Gasteiger partial charge in [0.05, 0.1) is 7.92 Å². The van der Waals surface area contributed by atoms with E-state index in [0.29, 0.717) is 0 Å². The van der Waals surface area contributed by atoms with E-state index in [9.17, 15) is 17.6 Å². The molecule has 0 fully saturated rings. The fourth-order valence-electron chi connectivity index (χ4n) is 2.33. The lowest BCUT2D eigenvalue weighted by Crippen LogP contribution is -2.21. The summed E-state index contributed by atoms with van der Waals surface area (Å²) in [5.41, 5.74) is -5.65. The predicted molar refractivity (Wildman–Crippen MR) is 102 cm³/mol. The maximum absolute atomic E-state index is 13.2. The van der Waals surface area contributed by atoms with E-state index in [2.05, 4.69) is 48.5 Å². The van der Waals surface area contributed by atoms with Gasteiger partial charge in [0.2, 0.25) is 0 Å². The molecule has 0 aromatic heterocycles. The van der Waals surface area contributed by atoms with Crippen LogP contribution in [0.4, 0.5) is 17.6 Å². The Morgan fingerprint density at radius 1 is 0.679 bits per heavy atom. The van der Waals surface area contributed by atoms with E-state index in [1.54, 1.807) is 12.1 Å². The second kappa shape index (κ2) is 9.28. The third-order valence-electron chi connectivity index (χ3n) is 3.54. The average Bonchev–Trinajstić information content (AvgIpc) is 2.64. The molecule has 0 unspecified atom stereocenters. The van der Waals surface area contributed by atoms with Crippen molar-refractivity contribution in [2.45, 2.75) is 5.51 Å². The third kappa shape index (κ3) is 6.12. The Morgan fingerprint density at radius 3 is 1.32 bits per heavy atom. The van der Waals surface area contributed by atoms with Crippen LogP contribution in [0.15, 0.2) is 84.9 Å². The molecular weight excluding hydrogens is 415 g/mol. The van der Waals surface area contributed by atoms with Crippen LogP contribution in [0.3, 0.4) is 0 Å². The van der Waals surface area contributed by atoms with Crippen molar-refractivity contribution in [2.75, 3.05) is 0 Å². The lowest BCUT2D eigenvalue weighted by molar-refractivity contribution is -0.0517. The molecule has 0 heterocycles. The van der Waals surface area contributed by atoms with Crippen LogP contribution in [0, 0.1) is 5.82 Å². The molecule has 148 valence electrons. The highest BCUT2D eigenvalue weighted by molar-refractivity contribution is 7.86. The second-order valence-corrected chi connectivity index (χ2v) is 9.37. The van der Waals surface area contributed by atoms with Crippen LogP contribution in [0.25, 0.3) is 0 Å². The Kier molecular flexibility index (Phi) is 7.29. The van der Waals surface area contributed by atoms with E-state index in [1.807, 2.05) is 24.3 Å². The molecule has 3 nitrogen and oxygen atoms in total. The zero-order chi connectivity index (χ0) is 20.8. The van der Waals surface area contributed by atoms with Crippen molar-refractivity contribution >= 4 is 34.0 Å². The highest BCUT2D eigenvalue weighted by atomic mass is 32.2. The first-order valence-electron chi connectivity index (χ1n) is 7.85. The number of halogens is 4. The first-order valence-corrected chi connectivity index (χ1v) is 10.8.